The number of ether oxygens (including phenoxy) is 2. The number of rotatable bonds is 4. The van der Waals surface area contributed by atoms with E-state index in [0.29, 0.717) is 33.7 Å². The summed E-state index contributed by atoms with van der Waals surface area (Å²) in [6.07, 6.45) is 2.90. The van der Waals surface area contributed by atoms with Gasteiger partial charge in [-0.05, 0) is 22.9 Å². The number of carbonyl (C=O) groups is 1. The zero-order chi connectivity index (χ0) is 16.6. The van der Waals surface area contributed by atoms with E-state index in [0.717, 1.165) is 0 Å². The molecule has 3 aromatic rings. The molecule has 0 aliphatic heterocycles. The molecule has 120 valence electrons. The molecule has 0 N–H and O–H groups in total. The number of methoxy groups -OCH3 is 1. The third-order valence-corrected chi connectivity index (χ3v) is 3.62. The van der Waals surface area contributed by atoms with E-state index in [-0.39, 0.29) is 5.95 Å². The van der Waals surface area contributed by atoms with Crippen LogP contribution in [0.3, 0.4) is 0 Å². The average Bonchev–Trinajstić information content (AvgIpc) is 3.13. The van der Waals surface area contributed by atoms with Gasteiger partial charge in [0.15, 0.2) is 4.60 Å². The predicted molar refractivity (Wildman–Crippen MR) is 83.6 cm³/mol. The molecule has 0 unspecified atom stereocenters. The maximum absolute atomic E-state index is 11.7. The third-order valence-electron chi connectivity index (χ3n) is 3.09. The highest BCUT2D eigenvalue weighted by Gasteiger charge is 2.18. The van der Waals surface area contributed by atoms with Crippen LogP contribution in [0.25, 0.3) is 17.0 Å². The van der Waals surface area contributed by atoms with E-state index < -0.39 is 5.97 Å². The van der Waals surface area contributed by atoms with Crippen LogP contribution in [-0.4, -0.2) is 49.2 Å². The minimum Gasteiger partial charge on any atom is -0.479 e. The van der Waals surface area contributed by atoms with Gasteiger partial charge in [0.25, 0.3) is 5.95 Å². The summed E-state index contributed by atoms with van der Waals surface area (Å²) in [4.78, 5) is 20.5. The second kappa shape index (κ2) is 5.95. The van der Waals surface area contributed by atoms with Crippen LogP contribution in [0.1, 0.15) is 17.3 Å². The van der Waals surface area contributed by atoms with E-state index in [9.17, 15) is 4.79 Å². The number of hydrogen-bond donors (Lipinski definition) is 0. The molecular formula is C13H13BrN6O3. The molecule has 0 spiro atoms. The third kappa shape index (κ3) is 2.65. The number of nitrogens with zero attached hydrogens (tertiary/aromatic N) is 6. The molecule has 0 bridgehead atoms. The van der Waals surface area contributed by atoms with Crippen molar-refractivity contribution in [1.29, 1.82) is 0 Å². The molecule has 3 aromatic heterocycles. The van der Waals surface area contributed by atoms with Gasteiger partial charge in [0.2, 0.25) is 5.88 Å². The number of halogens is 1. The van der Waals surface area contributed by atoms with Crippen LogP contribution in [0, 0.1) is 0 Å². The Kier molecular flexibility index (Phi) is 3.99. The first kappa shape index (κ1) is 15.4. The van der Waals surface area contributed by atoms with Crippen LogP contribution in [0.5, 0.6) is 5.88 Å². The summed E-state index contributed by atoms with van der Waals surface area (Å²) < 4.78 is 13.8. The van der Waals surface area contributed by atoms with Crippen molar-refractivity contribution in [1.82, 2.24) is 29.5 Å². The SMILES string of the molecule is CCOC(=O)c1cnn(-c2nc(OC)c3c(n2)c(Br)nn3C)c1. The van der Waals surface area contributed by atoms with E-state index in [1.807, 2.05) is 0 Å². The molecule has 0 radical (unpaired) electrons. The quantitative estimate of drug-likeness (QED) is 0.632. The highest BCUT2D eigenvalue weighted by molar-refractivity contribution is 9.10. The number of fused-ring (bicyclic) bond motifs is 1. The molecule has 9 nitrogen and oxygen atoms in total. The van der Waals surface area contributed by atoms with Crippen LogP contribution in [0.4, 0.5) is 0 Å². The molecule has 3 rings (SSSR count). The first-order valence-corrected chi connectivity index (χ1v) is 7.50. The van der Waals surface area contributed by atoms with E-state index in [1.165, 1.54) is 24.2 Å². The molecule has 0 atom stereocenters. The number of carbonyl (C=O) groups excluding carboxylic acids is 1. The number of aryl methyl sites for hydroxylation is 1. The Morgan fingerprint density at radius 3 is 2.87 bits per heavy atom. The van der Waals surface area contributed by atoms with Gasteiger partial charge in [-0.2, -0.15) is 15.2 Å². The molecule has 0 fully saturated rings. The monoisotopic (exact) mass is 380 g/mol. The van der Waals surface area contributed by atoms with E-state index in [1.54, 1.807) is 18.7 Å². The Morgan fingerprint density at radius 1 is 1.39 bits per heavy atom. The van der Waals surface area contributed by atoms with Crippen molar-refractivity contribution in [3.63, 3.8) is 0 Å². The van der Waals surface area contributed by atoms with Crippen LogP contribution in [-0.2, 0) is 11.8 Å². The van der Waals surface area contributed by atoms with Crippen LogP contribution in [0.2, 0.25) is 0 Å². The van der Waals surface area contributed by atoms with Gasteiger partial charge >= 0.3 is 5.97 Å². The van der Waals surface area contributed by atoms with E-state index in [4.69, 9.17) is 9.47 Å². The fraction of sp³-hybridized carbons (Fsp3) is 0.308. The standard InChI is InChI=1S/C13H13BrN6O3/c1-4-23-12(21)7-5-15-20(6-7)13-16-8-9(11(17-13)22-3)19(2)18-10(8)14/h5-6H,4H2,1-3H3. The van der Waals surface area contributed by atoms with Gasteiger partial charge in [-0.3, -0.25) is 4.68 Å². The Morgan fingerprint density at radius 2 is 2.17 bits per heavy atom. The molecule has 0 saturated heterocycles. The first-order valence-electron chi connectivity index (χ1n) is 6.71. The molecule has 0 aliphatic carbocycles. The van der Waals surface area contributed by atoms with Crippen molar-refractivity contribution in [3.05, 3.63) is 22.6 Å². The lowest BCUT2D eigenvalue weighted by atomic mass is 10.4. The Labute approximate surface area is 139 Å². The van der Waals surface area contributed by atoms with Gasteiger partial charge in [-0.15, -0.1) is 0 Å². The highest BCUT2D eigenvalue weighted by atomic mass is 79.9. The molecule has 10 heteroatoms. The lowest BCUT2D eigenvalue weighted by molar-refractivity contribution is 0.0526. The van der Waals surface area contributed by atoms with Crippen molar-refractivity contribution in [2.45, 2.75) is 6.92 Å². The second-order valence-corrected chi connectivity index (χ2v) is 5.29. The van der Waals surface area contributed by atoms with Crippen molar-refractivity contribution in [2.24, 2.45) is 7.05 Å². The summed E-state index contributed by atoms with van der Waals surface area (Å²) >= 11 is 3.36. The van der Waals surface area contributed by atoms with E-state index >= 15 is 0 Å². The minimum atomic E-state index is -0.450. The van der Waals surface area contributed by atoms with Gasteiger partial charge in [0.05, 0.1) is 25.5 Å². The maximum atomic E-state index is 11.7. The van der Waals surface area contributed by atoms with Gasteiger partial charge in [-0.25, -0.2) is 14.5 Å². The van der Waals surface area contributed by atoms with Crippen molar-refractivity contribution >= 4 is 32.9 Å². The topological polar surface area (TPSA) is 96.9 Å². The summed E-state index contributed by atoms with van der Waals surface area (Å²) in [6.45, 7) is 2.03. The van der Waals surface area contributed by atoms with Gasteiger partial charge in [0, 0.05) is 13.2 Å². The Balaban J connectivity index is 2.10. The second-order valence-electron chi connectivity index (χ2n) is 4.54. The van der Waals surface area contributed by atoms with Crippen LogP contribution < -0.4 is 4.74 Å². The normalized spacial score (nSPS) is 11.0. The first-order chi connectivity index (χ1) is 11.0. The molecule has 0 saturated carbocycles. The largest absolute Gasteiger partial charge is 0.479 e. The van der Waals surface area contributed by atoms with Gasteiger partial charge < -0.3 is 9.47 Å². The summed E-state index contributed by atoms with van der Waals surface area (Å²) in [5.74, 6) is 0.173. The molecule has 0 aliphatic rings. The summed E-state index contributed by atoms with van der Waals surface area (Å²) in [7, 11) is 3.28. The van der Waals surface area contributed by atoms with Crippen LogP contribution in [0.15, 0.2) is 17.0 Å². The Bertz CT molecular complexity index is 887. The summed E-state index contributed by atoms with van der Waals surface area (Å²) in [5, 5.41) is 8.34. The van der Waals surface area contributed by atoms with E-state index in [2.05, 4.69) is 36.1 Å². The average molecular weight is 381 g/mol. The number of esters is 1. The fourth-order valence-electron chi connectivity index (χ4n) is 2.08. The zero-order valence-electron chi connectivity index (χ0n) is 12.6. The summed E-state index contributed by atoms with van der Waals surface area (Å²) in [5.41, 5.74) is 1.56. The molecule has 23 heavy (non-hydrogen) atoms. The number of hydrogen-bond acceptors (Lipinski definition) is 7. The fourth-order valence-corrected chi connectivity index (χ4v) is 2.60. The van der Waals surface area contributed by atoms with Crippen molar-refractivity contribution < 1.29 is 14.3 Å². The number of aromatic nitrogens is 6. The van der Waals surface area contributed by atoms with Gasteiger partial charge in [0.1, 0.15) is 11.0 Å². The van der Waals surface area contributed by atoms with Gasteiger partial charge in [-0.1, -0.05) is 0 Å². The zero-order valence-corrected chi connectivity index (χ0v) is 14.2. The molecule has 0 amide bonds. The molecular weight excluding hydrogens is 368 g/mol. The van der Waals surface area contributed by atoms with Crippen molar-refractivity contribution in [2.75, 3.05) is 13.7 Å². The minimum absolute atomic E-state index is 0.263. The molecule has 0 aromatic carbocycles. The predicted octanol–water partition coefficient (Wildman–Crippen LogP) is 1.50. The lowest BCUT2D eigenvalue weighted by Gasteiger charge is -2.05. The maximum Gasteiger partial charge on any atom is 0.341 e. The highest BCUT2D eigenvalue weighted by Crippen LogP contribution is 2.28. The molecule has 3 heterocycles. The smallest absolute Gasteiger partial charge is 0.341 e. The Hall–Kier alpha value is -2.49. The summed E-state index contributed by atoms with van der Waals surface area (Å²) in [6, 6.07) is 0. The lowest BCUT2D eigenvalue weighted by Crippen LogP contribution is -2.06. The van der Waals surface area contributed by atoms with Crippen LogP contribution >= 0.6 is 15.9 Å². The van der Waals surface area contributed by atoms with Crippen molar-refractivity contribution in [3.8, 4) is 11.8 Å².